The summed E-state index contributed by atoms with van der Waals surface area (Å²) < 4.78 is 10.6. The standard InChI is InChI=1S/C10H10O2S/c13-6-2-4-8-3-1-5-9-10(8)12-7-11-9/h1-5,13H,6-7H2. The Bertz CT molecular complexity index is 334. The molecule has 0 saturated heterocycles. The van der Waals surface area contributed by atoms with Gasteiger partial charge in [-0.05, 0) is 6.07 Å². The third-order valence-electron chi connectivity index (χ3n) is 1.83. The number of hydrogen-bond donors (Lipinski definition) is 1. The Morgan fingerprint density at radius 1 is 1.38 bits per heavy atom. The predicted octanol–water partition coefficient (Wildman–Crippen LogP) is 2.36. The molecule has 68 valence electrons. The molecule has 1 aromatic rings. The number of benzene rings is 1. The highest BCUT2D eigenvalue weighted by atomic mass is 32.1. The van der Waals surface area contributed by atoms with Crippen molar-refractivity contribution in [3.05, 3.63) is 29.8 Å². The molecule has 0 saturated carbocycles. The molecule has 0 bridgehead atoms. The van der Waals surface area contributed by atoms with Gasteiger partial charge in [-0.2, -0.15) is 12.6 Å². The second-order valence-corrected chi connectivity index (χ2v) is 3.03. The molecule has 1 aliphatic rings. The first-order chi connectivity index (χ1) is 6.42. The molecule has 0 radical (unpaired) electrons. The van der Waals surface area contributed by atoms with E-state index in [1.807, 2.05) is 30.4 Å². The zero-order valence-electron chi connectivity index (χ0n) is 7.06. The Kier molecular flexibility index (Phi) is 2.45. The van der Waals surface area contributed by atoms with E-state index < -0.39 is 0 Å². The van der Waals surface area contributed by atoms with Crippen molar-refractivity contribution < 1.29 is 9.47 Å². The normalized spacial score (nSPS) is 13.9. The van der Waals surface area contributed by atoms with E-state index in [1.165, 1.54) is 0 Å². The molecule has 3 heteroatoms. The van der Waals surface area contributed by atoms with Crippen LogP contribution in [0.25, 0.3) is 6.08 Å². The van der Waals surface area contributed by atoms with Gasteiger partial charge in [-0.15, -0.1) is 0 Å². The maximum absolute atomic E-state index is 5.33. The van der Waals surface area contributed by atoms with E-state index in [1.54, 1.807) is 0 Å². The van der Waals surface area contributed by atoms with Crippen molar-refractivity contribution in [1.82, 2.24) is 0 Å². The summed E-state index contributed by atoms with van der Waals surface area (Å²) in [6.45, 7) is 0.320. The second-order valence-electron chi connectivity index (χ2n) is 2.67. The minimum absolute atomic E-state index is 0.320. The maximum Gasteiger partial charge on any atom is 0.231 e. The molecule has 0 amide bonds. The summed E-state index contributed by atoms with van der Waals surface area (Å²) in [5, 5.41) is 0. The van der Waals surface area contributed by atoms with Crippen LogP contribution < -0.4 is 9.47 Å². The number of para-hydroxylation sites is 1. The van der Waals surface area contributed by atoms with E-state index in [0.29, 0.717) is 6.79 Å². The highest BCUT2D eigenvalue weighted by Gasteiger charge is 2.14. The first kappa shape index (κ1) is 8.51. The minimum Gasteiger partial charge on any atom is -0.454 e. The monoisotopic (exact) mass is 194 g/mol. The Morgan fingerprint density at radius 2 is 2.31 bits per heavy atom. The third-order valence-corrected chi connectivity index (χ3v) is 2.04. The minimum atomic E-state index is 0.320. The molecule has 0 spiro atoms. The largest absolute Gasteiger partial charge is 0.454 e. The lowest BCUT2D eigenvalue weighted by Gasteiger charge is -1.99. The number of thiol groups is 1. The van der Waals surface area contributed by atoms with Crippen molar-refractivity contribution in [3.8, 4) is 11.5 Å². The van der Waals surface area contributed by atoms with Gasteiger partial charge in [0.1, 0.15) is 0 Å². The average Bonchev–Trinajstić information content (AvgIpc) is 2.62. The molecular weight excluding hydrogens is 184 g/mol. The van der Waals surface area contributed by atoms with Crippen LogP contribution in [0, 0.1) is 0 Å². The Balaban J connectivity index is 2.36. The summed E-state index contributed by atoms with van der Waals surface area (Å²) >= 11 is 4.10. The Hall–Kier alpha value is -1.09. The van der Waals surface area contributed by atoms with Gasteiger partial charge in [0.2, 0.25) is 6.79 Å². The number of hydrogen-bond acceptors (Lipinski definition) is 3. The first-order valence-corrected chi connectivity index (χ1v) is 4.71. The number of fused-ring (bicyclic) bond motifs is 1. The zero-order valence-corrected chi connectivity index (χ0v) is 7.96. The molecule has 0 fully saturated rings. The summed E-state index contributed by atoms with van der Waals surface area (Å²) in [7, 11) is 0. The summed E-state index contributed by atoms with van der Waals surface area (Å²) in [6.07, 6.45) is 3.96. The topological polar surface area (TPSA) is 18.5 Å². The van der Waals surface area contributed by atoms with Gasteiger partial charge in [0.25, 0.3) is 0 Å². The fourth-order valence-electron chi connectivity index (χ4n) is 1.26. The molecular formula is C10H10O2S. The summed E-state index contributed by atoms with van der Waals surface area (Å²) in [6, 6.07) is 5.85. The molecule has 1 aromatic carbocycles. The average molecular weight is 194 g/mol. The SMILES string of the molecule is SCC=Cc1cccc2c1OCO2. The predicted molar refractivity (Wildman–Crippen MR) is 55.5 cm³/mol. The van der Waals surface area contributed by atoms with E-state index in [4.69, 9.17) is 9.47 Å². The lowest BCUT2D eigenvalue weighted by molar-refractivity contribution is 0.174. The molecule has 0 unspecified atom stereocenters. The molecule has 13 heavy (non-hydrogen) atoms. The molecule has 1 aliphatic heterocycles. The van der Waals surface area contributed by atoms with Gasteiger partial charge >= 0.3 is 0 Å². The van der Waals surface area contributed by atoms with Crippen LogP contribution in [0.5, 0.6) is 11.5 Å². The van der Waals surface area contributed by atoms with Gasteiger partial charge in [-0.3, -0.25) is 0 Å². The van der Waals surface area contributed by atoms with Gasteiger partial charge in [0.05, 0.1) is 0 Å². The van der Waals surface area contributed by atoms with Crippen LogP contribution in [0.1, 0.15) is 5.56 Å². The molecule has 1 heterocycles. The van der Waals surface area contributed by atoms with Gasteiger partial charge < -0.3 is 9.47 Å². The van der Waals surface area contributed by atoms with Crippen LogP contribution in [-0.4, -0.2) is 12.5 Å². The third kappa shape index (κ3) is 1.65. The molecule has 0 aliphatic carbocycles. The van der Waals surface area contributed by atoms with Crippen molar-refractivity contribution in [2.45, 2.75) is 0 Å². The Labute approximate surface area is 82.6 Å². The summed E-state index contributed by atoms with van der Waals surface area (Å²) in [5.41, 5.74) is 1.05. The fourth-order valence-corrected chi connectivity index (χ4v) is 1.37. The molecule has 0 aromatic heterocycles. The van der Waals surface area contributed by atoms with Crippen molar-refractivity contribution in [2.24, 2.45) is 0 Å². The lowest BCUT2D eigenvalue weighted by Crippen LogP contribution is -1.93. The summed E-state index contributed by atoms with van der Waals surface area (Å²) in [5.74, 6) is 2.38. The van der Waals surface area contributed by atoms with E-state index in [0.717, 1.165) is 22.8 Å². The highest BCUT2D eigenvalue weighted by molar-refractivity contribution is 7.80. The number of rotatable bonds is 2. The van der Waals surface area contributed by atoms with Gasteiger partial charge in [0.15, 0.2) is 11.5 Å². The highest BCUT2D eigenvalue weighted by Crippen LogP contribution is 2.35. The second kappa shape index (κ2) is 3.75. The van der Waals surface area contributed by atoms with Gasteiger partial charge in [-0.25, -0.2) is 0 Å². The quantitative estimate of drug-likeness (QED) is 0.728. The lowest BCUT2D eigenvalue weighted by atomic mass is 10.2. The molecule has 2 rings (SSSR count). The van der Waals surface area contributed by atoms with E-state index >= 15 is 0 Å². The van der Waals surface area contributed by atoms with Crippen molar-refractivity contribution in [1.29, 1.82) is 0 Å². The fraction of sp³-hybridized carbons (Fsp3) is 0.200. The smallest absolute Gasteiger partial charge is 0.231 e. The number of ether oxygens (including phenoxy) is 2. The van der Waals surface area contributed by atoms with E-state index in [9.17, 15) is 0 Å². The molecule has 0 N–H and O–H groups in total. The van der Waals surface area contributed by atoms with Gasteiger partial charge in [0, 0.05) is 11.3 Å². The zero-order chi connectivity index (χ0) is 9.10. The first-order valence-electron chi connectivity index (χ1n) is 4.08. The van der Waals surface area contributed by atoms with Crippen LogP contribution in [0.2, 0.25) is 0 Å². The van der Waals surface area contributed by atoms with Crippen molar-refractivity contribution >= 4 is 18.7 Å². The van der Waals surface area contributed by atoms with E-state index in [-0.39, 0.29) is 0 Å². The van der Waals surface area contributed by atoms with E-state index in [2.05, 4.69) is 12.6 Å². The van der Waals surface area contributed by atoms with Crippen LogP contribution >= 0.6 is 12.6 Å². The van der Waals surface area contributed by atoms with Crippen LogP contribution in [0.15, 0.2) is 24.3 Å². The van der Waals surface area contributed by atoms with Crippen LogP contribution in [0.4, 0.5) is 0 Å². The Morgan fingerprint density at radius 3 is 3.15 bits per heavy atom. The molecule has 2 nitrogen and oxygen atoms in total. The van der Waals surface area contributed by atoms with Gasteiger partial charge in [-0.1, -0.05) is 24.3 Å². The molecule has 0 atom stereocenters. The van der Waals surface area contributed by atoms with Crippen molar-refractivity contribution in [2.75, 3.05) is 12.5 Å². The van der Waals surface area contributed by atoms with Crippen molar-refractivity contribution in [3.63, 3.8) is 0 Å². The van der Waals surface area contributed by atoms with Crippen LogP contribution in [-0.2, 0) is 0 Å². The summed E-state index contributed by atoms with van der Waals surface area (Å²) in [4.78, 5) is 0. The van der Waals surface area contributed by atoms with Crippen LogP contribution in [0.3, 0.4) is 0 Å². The maximum atomic E-state index is 5.33.